The molecule has 2 aromatic rings. The van der Waals surface area contributed by atoms with Gasteiger partial charge in [0, 0.05) is 23.7 Å². The Labute approximate surface area is 162 Å². The Morgan fingerprint density at radius 3 is 2.56 bits per heavy atom. The van der Waals surface area contributed by atoms with Crippen LogP contribution in [-0.4, -0.2) is 38.7 Å². The first-order chi connectivity index (χ1) is 13.0. The van der Waals surface area contributed by atoms with E-state index in [9.17, 15) is 9.59 Å². The summed E-state index contributed by atoms with van der Waals surface area (Å²) in [4.78, 5) is 26.3. The van der Waals surface area contributed by atoms with Crippen LogP contribution in [0.25, 0.3) is 0 Å². The molecule has 2 aromatic carbocycles. The zero-order valence-electron chi connectivity index (χ0n) is 15.0. The maximum atomic E-state index is 12.3. The fourth-order valence-corrected chi connectivity index (χ4v) is 3.11. The van der Waals surface area contributed by atoms with Gasteiger partial charge in [-0.2, -0.15) is 0 Å². The highest BCUT2D eigenvalue weighted by Crippen LogP contribution is 2.28. The zero-order chi connectivity index (χ0) is 19.4. The molecule has 142 valence electrons. The van der Waals surface area contributed by atoms with Crippen molar-refractivity contribution in [2.75, 3.05) is 31.0 Å². The van der Waals surface area contributed by atoms with Crippen molar-refractivity contribution >= 4 is 34.9 Å². The topological polar surface area (TPSA) is 79.9 Å². The number of nitrogens with one attached hydrogen (secondary N) is 2. The predicted molar refractivity (Wildman–Crippen MR) is 104 cm³/mol. The molecule has 1 heterocycles. The molecule has 0 saturated carbocycles. The molecule has 8 heteroatoms. The van der Waals surface area contributed by atoms with Crippen LogP contribution in [0.4, 0.5) is 16.2 Å². The number of amides is 3. The van der Waals surface area contributed by atoms with E-state index >= 15 is 0 Å². The number of carbonyl (C=O) groups excluding carboxylic acids is 2. The first-order valence-electron chi connectivity index (χ1n) is 8.35. The van der Waals surface area contributed by atoms with E-state index in [2.05, 4.69) is 10.6 Å². The first kappa shape index (κ1) is 18.8. The van der Waals surface area contributed by atoms with Gasteiger partial charge in [-0.25, -0.2) is 4.79 Å². The Balaban J connectivity index is 1.62. The molecular weight excluding hydrogens is 370 g/mol. The number of carbonyl (C=O) groups is 2. The fourth-order valence-electron chi connectivity index (χ4n) is 2.94. The number of urea groups is 1. The lowest BCUT2D eigenvalue weighted by atomic mass is 10.2. The Bertz CT molecular complexity index is 841. The predicted octanol–water partition coefficient (Wildman–Crippen LogP) is 3.28. The molecule has 1 aliphatic rings. The smallest absolute Gasteiger partial charge is 0.319 e. The summed E-state index contributed by atoms with van der Waals surface area (Å²) in [6.45, 7) is 0.394. The van der Waals surface area contributed by atoms with Gasteiger partial charge in [0.05, 0.1) is 25.9 Å². The van der Waals surface area contributed by atoms with Crippen molar-refractivity contribution in [2.24, 2.45) is 0 Å². The lowest BCUT2D eigenvalue weighted by molar-refractivity contribution is -0.117. The van der Waals surface area contributed by atoms with Crippen LogP contribution in [0.3, 0.4) is 0 Å². The Kier molecular flexibility index (Phi) is 5.71. The Hall–Kier alpha value is -2.93. The number of rotatable bonds is 5. The molecule has 0 radical (unpaired) electrons. The van der Waals surface area contributed by atoms with Crippen molar-refractivity contribution in [1.29, 1.82) is 0 Å². The van der Waals surface area contributed by atoms with Gasteiger partial charge in [0.15, 0.2) is 0 Å². The van der Waals surface area contributed by atoms with Gasteiger partial charge in [-0.1, -0.05) is 11.6 Å². The molecule has 0 bridgehead atoms. The molecule has 1 saturated heterocycles. The quantitative estimate of drug-likeness (QED) is 0.822. The van der Waals surface area contributed by atoms with Crippen LogP contribution in [-0.2, 0) is 4.79 Å². The summed E-state index contributed by atoms with van der Waals surface area (Å²) in [6, 6.07) is 11.4. The van der Waals surface area contributed by atoms with Crippen molar-refractivity contribution in [2.45, 2.75) is 12.5 Å². The highest BCUT2D eigenvalue weighted by Gasteiger charge is 2.31. The normalized spacial score (nSPS) is 16.2. The van der Waals surface area contributed by atoms with Crippen LogP contribution in [0.15, 0.2) is 42.5 Å². The van der Waals surface area contributed by atoms with Crippen molar-refractivity contribution in [3.05, 3.63) is 47.5 Å². The minimum absolute atomic E-state index is 0.0502. The third-order valence-electron chi connectivity index (χ3n) is 4.25. The molecule has 2 N–H and O–H groups in total. The van der Waals surface area contributed by atoms with E-state index in [1.54, 1.807) is 42.3 Å². The molecule has 1 aliphatic heterocycles. The summed E-state index contributed by atoms with van der Waals surface area (Å²) in [5.41, 5.74) is 1.22. The SMILES string of the molecule is COc1ccc(N2C[C@H](NC(=O)Nc3cc(Cl)ccc3OC)CC2=O)cc1. The Morgan fingerprint density at radius 2 is 1.89 bits per heavy atom. The van der Waals surface area contributed by atoms with E-state index in [-0.39, 0.29) is 18.4 Å². The molecule has 1 atom stereocenters. The Morgan fingerprint density at radius 1 is 1.15 bits per heavy atom. The number of benzene rings is 2. The number of nitrogens with zero attached hydrogens (tertiary/aromatic N) is 1. The van der Waals surface area contributed by atoms with Gasteiger partial charge in [0.25, 0.3) is 0 Å². The van der Waals surface area contributed by atoms with Crippen LogP contribution in [0.2, 0.25) is 5.02 Å². The van der Waals surface area contributed by atoms with Crippen LogP contribution >= 0.6 is 11.6 Å². The molecule has 0 spiro atoms. The molecule has 3 amide bonds. The van der Waals surface area contributed by atoms with E-state index in [4.69, 9.17) is 21.1 Å². The van der Waals surface area contributed by atoms with Gasteiger partial charge in [0.1, 0.15) is 11.5 Å². The molecule has 27 heavy (non-hydrogen) atoms. The molecule has 0 unspecified atom stereocenters. The highest BCUT2D eigenvalue weighted by atomic mass is 35.5. The van der Waals surface area contributed by atoms with E-state index in [1.807, 2.05) is 12.1 Å². The van der Waals surface area contributed by atoms with Crippen molar-refractivity contribution in [3.8, 4) is 11.5 Å². The molecular formula is C19H20ClN3O4. The average molecular weight is 390 g/mol. The van der Waals surface area contributed by atoms with Gasteiger partial charge >= 0.3 is 6.03 Å². The minimum Gasteiger partial charge on any atom is -0.497 e. The number of hydrogen-bond acceptors (Lipinski definition) is 4. The van der Waals surface area contributed by atoms with Gasteiger partial charge in [-0.3, -0.25) is 4.79 Å². The average Bonchev–Trinajstić information content (AvgIpc) is 3.02. The largest absolute Gasteiger partial charge is 0.497 e. The third kappa shape index (κ3) is 4.43. The summed E-state index contributed by atoms with van der Waals surface area (Å²) in [7, 11) is 3.10. The summed E-state index contributed by atoms with van der Waals surface area (Å²) in [5.74, 6) is 1.16. The van der Waals surface area contributed by atoms with E-state index < -0.39 is 6.03 Å². The second kappa shape index (κ2) is 8.18. The maximum absolute atomic E-state index is 12.3. The number of hydrogen-bond donors (Lipinski definition) is 2. The van der Waals surface area contributed by atoms with Crippen LogP contribution in [0.5, 0.6) is 11.5 Å². The lowest BCUT2D eigenvalue weighted by Crippen LogP contribution is -2.39. The first-order valence-corrected chi connectivity index (χ1v) is 8.73. The molecule has 3 rings (SSSR count). The van der Waals surface area contributed by atoms with Gasteiger partial charge in [-0.05, 0) is 42.5 Å². The maximum Gasteiger partial charge on any atom is 0.319 e. The lowest BCUT2D eigenvalue weighted by Gasteiger charge is -2.18. The van der Waals surface area contributed by atoms with Crippen LogP contribution < -0.4 is 25.0 Å². The molecule has 7 nitrogen and oxygen atoms in total. The minimum atomic E-state index is -0.426. The third-order valence-corrected chi connectivity index (χ3v) is 4.49. The van der Waals surface area contributed by atoms with Crippen LogP contribution in [0.1, 0.15) is 6.42 Å². The summed E-state index contributed by atoms with van der Waals surface area (Å²) in [6.07, 6.45) is 0.228. The number of anilines is 2. The van der Waals surface area contributed by atoms with Gasteiger partial charge in [-0.15, -0.1) is 0 Å². The fraction of sp³-hybridized carbons (Fsp3) is 0.263. The second-order valence-electron chi connectivity index (χ2n) is 6.05. The van der Waals surface area contributed by atoms with E-state index in [0.717, 1.165) is 11.4 Å². The van der Waals surface area contributed by atoms with Crippen LogP contribution in [0, 0.1) is 0 Å². The van der Waals surface area contributed by atoms with Gasteiger partial charge in [0.2, 0.25) is 5.91 Å². The van der Waals surface area contributed by atoms with Crippen molar-refractivity contribution in [1.82, 2.24) is 5.32 Å². The highest BCUT2D eigenvalue weighted by molar-refractivity contribution is 6.31. The molecule has 1 fully saturated rings. The monoisotopic (exact) mass is 389 g/mol. The summed E-state index contributed by atoms with van der Waals surface area (Å²) in [5, 5.41) is 6.00. The zero-order valence-corrected chi connectivity index (χ0v) is 15.7. The summed E-state index contributed by atoms with van der Waals surface area (Å²) >= 11 is 5.97. The standard InChI is InChI=1S/C19H20ClN3O4/c1-26-15-6-4-14(5-7-15)23-11-13(10-18(23)24)21-19(25)22-16-9-12(20)3-8-17(16)27-2/h3-9,13H,10-11H2,1-2H3,(H2,21,22,25)/t13-/m1/s1. The molecule has 0 aromatic heterocycles. The van der Waals surface area contributed by atoms with E-state index in [1.165, 1.54) is 7.11 Å². The molecule has 0 aliphatic carbocycles. The van der Waals surface area contributed by atoms with E-state index in [0.29, 0.717) is 23.0 Å². The van der Waals surface area contributed by atoms with Crippen molar-refractivity contribution in [3.63, 3.8) is 0 Å². The summed E-state index contributed by atoms with van der Waals surface area (Å²) < 4.78 is 10.3. The van der Waals surface area contributed by atoms with Gasteiger partial charge < -0.3 is 25.0 Å². The number of ether oxygens (including phenoxy) is 2. The second-order valence-corrected chi connectivity index (χ2v) is 6.48. The number of halogens is 1. The number of methoxy groups -OCH3 is 2. The van der Waals surface area contributed by atoms with Crippen molar-refractivity contribution < 1.29 is 19.1 Å².